The van der Waals surface area contributed by atoms with E-state index in [0.717, 1.165) is 24.3 Å². The second-order valence-corrected chi connectivity index (χ2v) is 5.00. The quantitative estimate of drug-likeness (QED) is 0.580. The molecule has 0 radical (unpaired) electrons. The summed E-state index contributed by atoms with van der Waals surface area (Å²) < 4.78 is 44.7. The van der Waals surface area contributed by atoms with Crippen molar-refractivity contribution in [2.45, 2.75) is 13.1 Å². The van der Waals surface area contributed by atoms with Gasteiger partial charge in [0.1, 0.15) is 22.7 Å². The van der Waals surface area contributed by atoms with Crippen LogP contribution in [0.5, 0.6) is 11.5 Å². The number of nitro benzene ring substituents is 2. The van der Waals surface area contributed by atoms with Crippen LogP contribution in [0.3, 0.4) is 0 Å². The molecule has 0 bridgehead atoms. The first-order valence-corrected chi connectivity index (χ1v) is 7.19. The van der Waals surface area contributed by atoms with Crippen molar-refractivity contribution >= 4 is 17.1 Å². The van der Waals surface area contributed by atoms with Gasteiger partial charge in [-0.2, -0.15) is 13.2 Å². The molecule has 2 rings (SSSR count). The molecule has 0 atom stereocenters. The molecule has 0 heterocycles. The number of anilines is 1. The Morgan fingerprint density at radius 3 is 2.31 bits per heavy atom. The Kier molecular flexibility index (Phi) is 5.29. The topological polar surface area (TPSA) is 108 Å². The number of nitrogens with zero attached hydrogens (tertiary/aromatic N) is 2. The van der Waals surface area contributed by atoms with Gasteiger partial charge in [-0.15, -0.1) is 0 Å². The normalized spacial score (nSPS) is 11.1. The van der Waals surface area contributed by atoms with Crippen LogP contribution in [0, 0.1) is 20.2 Å². The van der Waals surface area contributed by atoms with Crippen molar-refractivity contribution in [2.24, 2.45) is 0 Å². The summed E-state index contributed by atoms with van der Waals surface area (Å²) in [6.07, 6.45) is -4.88. The third-order valence-electron chi connectivity index (χ3n) is 3.24. The Bertz CT molecular complexity index is 855. The maximum Gasteiger partial charge on any atom is 0.420 e. The van der Waals surface area contributed by atoms with Gasteiger partial charge in [0, 0.05) is 30.8 Å². The zero-order chi connectivity index (χ0) is 19.5. The SMILES string of the molecule is CCNc1cc(Oc2ccc([N+](=O)[O-])cc2C(F)(F)F)ccc1[N+](=O)[O-]. The van der Waals surface area contributed by atoms with Crippen LogP contribution in [-0.2, 0) is 6.18 Å². The minimum Gasteiger partial charge on any atom is -0.457 e. The lowest BCUT2D eigenvalue weighted by molar-refractivity contribution is -0.385. The van der Waals surface area contributed by atoms with E-state index in [1.807, 2.05) is 0 Å². The molecule has 0 fully saturated rings. The van der Waals surface area contributed by atoms with Gasteiger partial charge in [-0.1, -0.05) is 0 Å². The molecule has 138 valence electrons. The molecule has 0 amide bonds. The Morgan fingerprint density at radius 1 is 1.08 bits per heavy atom. The van der Waals surface area contributed by atoms with Crippen LogP contribution in [-0.4, -0.2) is 16.4 Å². The second kappa shape index (κ2) is 7.25. The van der Waals surface area contributed by atoms with Gasteiger partial charge in [-0.25, -0.2) is 0 Å². The van der Waals surface area contributed by atoms with E-state index in [4.69, 9.17) is 4.74 Å². The van der Waals surface area contributed by atoms with Crippen LogP contribution in [0.2, 0.25) is 0 Å². The average molecular weight is 371 g/mol. The lowest BCUT2D eigenvalue weighted by Crippen LogP contribution is -2.08. The zero-order valence-electron chi connectivity index (χ0n) is 13.2. The van der Waals surface area contributed by atoms with Crippen LogP contribution >= 0.6 is 0 Å². The molecule has 0 spiro atoms. The van der Waals surface area contributed by atoms with Crippen LogP contribution in [0.1, 0.15) is 12.5 Å². The van der Waals surface area contributed by atoms with Gasteiger partial charge in [0.05, 0.1) is 9.85 Å². The van der Waals surface area contributed by atoms with Gasteiger partial charge >= 0.3 is 6.18 Å². The Hall–Kier alpha value is -3.37. The summed E-state index contributed by atoms with van der Waals surface area (Å²) in [6.45, 7) is 2.03. The highest BCUT2D eigenvalue weighted by molar-refractivity contribution is 5.64. The molecule has 0 saturated carbocycles. The highest BCUT2D eigenvalue weighted by atomic mass is 19.4. The fourth-order valence-corrected chi connectivity index (χ4v) is 2.14. The highest BCUT2D eigenvalue weighted by Gasteiger charge is 2.36. The summed E-state index contributed by atoms with van der Waals surface area (Å²) in [5.41, 5.74) is -2.25. The third kappa shape index (κ3) is 4.18. The molecule has 0 aliphatic rings. The van der Waals surface area contributed by atoms with Crippen molar-refractivity contribution < 1.29 is 27.8 Å². The molecule has 0 aliphatic heterocycles. The number of non-ortho nitro benzene ring substituents is 1. The first-order valence-electron chi connectivity index (χ1n) is 7.19. The predicted molar refractivity (Wildman–Crippen MR) is 85.4 cm³/mol. The molecule has 1 N–H and O–H groups in total. The maximum absolute atomic E-state index is 13.2. The number of alkyl halides is 3. The van der Waals surface area contributed by atoms with E-state index in [9.17, 15) is 33.4 Å². The van der Waals surface area contributed by atoms with E-state index < -0.39 is 33.0 Å². The second-order valence-electron chi connectivity index (χ2n) is 5.00. The number of halogens is 3. The summed E-state index contributed by atoms with van der Waals surface area (Å²) >= 11 is 0. The molecule has 26 heavy (non-hydrogen) atoms. The number of hydrogen-bond donors (Lipinski definition) is 1. The molecule has 0 saturated heterocycles. The van der Waals surface area contributed by atoms with Crippen LogP contribution in [0.4, 0.5) is 30.2 Å². The van der Waals surface area contributed by atoms with Gasteiger partial charge in [-0.3, -0.25) is 20.2 Å². The minimum absolute atomic E-state index is 0.0745. The van der Waals surface area contributed by atoms with E-state index >= 15 is 0 Å². The molecular formula is C15H12F3N3O5. The molecular weight excluding hydrogens is 359 g/mol. The standard InChI is InChI=1S/C15H12F3N3O5/c1-2-19-12-8-10(4-5-13(12)21(24)25)26-14-6-3-9(20(22)23)7-11(14)15(16,17)18/h3-8,19H,2H2,1H3. The van der Waals surface area contributed by atoms with Crippen molar-refractivity contribution in [3.05, 3.63) is 62.2 Å². The zero-order valence-corrected chi connectivity index (χ0v) is 13.2. The number of ether oxygens (including phenoxy) is 1. The van der Waals surface area contributed by atoms with E-state index in [1.165, 1.54) is 6.07 Å². The van der Waals surface area contributed by atoms with Crippen molar-refractivity contribution in [3.8, 4) is 11.5 Å². The van der Waals surface area contributed by atoms with E-state index in [1.54, 1.807) is 6.92 Å². The third-order valence-corrected chi connectivity index (χ3v) is 3.24. The van der Waals surface area contributed by atoms with Crippen molar-refractivity contribution in [3.63, 3.8) is 0 Å². The number of rotatable bonds is 6. The molecule has 2 aromatic carbocycles. The van der Waals surface area contributed by atoms with Gasteiger partial charge < -0.3 is 10.1 Å². The van der Waals surface area contributed by atoms with E-state index in [2.05, 4.69) is 5.32 Å². The fourth-order valence-electron chi connectivity index (χ4n) is 2.14. The number of nitrogens with one attached hydrogen (secondary N) is 1. The molecule has 8 nitrogen and oxygen atoms in total. The largest absolute Gasteiger partial charge is 0.457 e. The first kappa shape index (κ1) is 19.0. The van der Waals surface area contributed by atoms with E-state index in [0.29, 0.717) is 12.6 Å². The van der Waals surface area contributed by atoms with Gasteiger partial charge in [0.25, 0.3) is 11.4 Å². The summed E-state index contributed by atoms with van der Waals surface area (Å²) in [5, 5.41) is 24.4. The average Bonchev–Trinajstić information content (AvgIpc) is 2.54. The monoisotopic (exact) mass is 371 g/mol. The van der Waals surface area contributed by atoms with Crippen LogP contribution < -0.4 is 10.1 Å². The Labute approximate surface area is 144 Å². The Balaban J connectivity index is 2.46. The molecule has 0 aliphatic carbocycles. The lowest BCUT2D eigenvalue weighted by Gasteiger charge is -2.14. The lowest BCUT2D eigenvalue weighted by atomic mass is 10.1. The van der Waals surface area contributed by atoms with E-state index in [-0.39, 0.29) is 17.1 Å². The molecule has 0 unspecified atom stereocenters. The summed E-state index contributed by atoms with van der Waals surface area (Å²) in [6, 6.07) is 5.48. The Morgan fingerprint density at radius 2 is 1.77 bits per heavy atom. The molecule has 0 aromatic heterocycles. The predicted octanol–water partition coefficient (Wildman–Crippen LogP) is 4.75. The van der Waals surface area contributed by atoms with Crippen LogP contribution in [0.15, 0.2) is 36.4 Å². The molecule has 2 aromatic rings. The van der Waals surface area contributed by atoms with Gasteiger partial charge in [0.2, 0.25) is 0 Å². The van der Waals surface area contributed by atoms with Crippen molar-refractivity contribution in [2.75, 3.05) is 11.9 Å². The molecule has 11 heteroatoms. The number of hydrogen-bond acceptors (Lipinski definition) is 6. The number of benzene rings is 2. The van der Waals surface area contributed by atoms with Gasteiger partial charge in [0.15, 0.2) is 0 Å². The minimum atomic E-state index is -4.88. The summed E-state index contributed by atoms with van der Waals surface area (Å²) in [4.78, 5) is 20.1. The smallest absolute Gasteiger partial charge is 0.420 e. The van der Waals surface area contributed by atoms with Crippen molar-refractivity contribution in [1.29, 1.82) is 0 Å². The number of nitro groups is 2. The highest BCUT2D eigenvalue weighted by Crippen LogP contribution is 2.41. The van der Waals surface area contributed by atoms with Crippen molar-refractivity contribution in [1.82, 2.24) is 0 Å². The van der Waals surface area contributed by atoms with Crippen LogP contribution in [0.25, 0.3) is 0 Å². The van der Waals surface area contributed by atoms with Gasteiger partial charge in [-0.05, 0) is 19.1 Å². The fraction of sp³-hybridized carbons (Fsp3) is 0.200. The summed E-state index contributed by atoms with van der Waals surface area (Å²) in [7, 11) is 0. The maximum atomic E-state index is 13.2. The first-order chi connectivity index (χ1) is 12.1. The summed E-state index contributed by atoms with van der Waals surface area (Å²) in [5.74, 6) is -0.745.